The maximum Gasteiger partial charge on any atom is 0.271 e. The number of phenols is 1. The van der Waals surface area contributed by atoms with Crippen LogP contribution in [0.1, 0.15) is 56.6 Å². The number of carbonyl (C=O) groups is 1. The molecule has 2 aromatic carbocycles. The van der Waals surface area contributed by atoms with Gasteiger partial charge in [0, 0.05) is 17.1 Å². The Hall–Kier alpha value is -2.50. The number of halogens is 2. The fourth-order valence-corrected chi connectivity index (χ4v) is 5.82. The zero-order valence-electron chi connectivity index (χ0n) is 18.3. The molecular formula is C26H27Cl2N3O2. The van der Waals surface area contributed by atoms with Crippen LogP contribution in [0, 0.1) is 11.8 Å². The van der Waals surface area contributed by atoms with Crippen LogP contribution in [0.2, 0.25) is 10.0 Å². The summed E-state index contributed by atoms with van der Waals surface area (Å²) >= 11 is 12.6. The van der Waals surface area contributed by atoms with Crippen molar-refractivity contribution in [3.63, 3.8) is 0 Å². The van der Waals surface area contributed by atoms with Crippen LogP contribution in [-0.2, 0) is 4.79 Å². The number of amides is 1. The molecule has 1 amide bonds. The van der Waals surface area contributed by atoms with Gasteiger partial charge in [-0.05, 0) is 79.8 Å². The predicted octanol–water partition coefficient (Wildman–Crippen LogP) is 6.61. The summed E-state index contributed by atoms with van der Waals surface area (Å²) in [6.45, 7) is 0. The fraction of sp³-hybridized carbons (Fsp3) is 0.385. The van der Waals surface area contributed by atoms with Crippen molar-refractivity contribution >= 4 is 40.5 Å². The van der Waals surface area contributed by atoms with Crippen molar-refractivity contribution in [3.8, 4) is 5.75 Å². The third kappa shape index (κ3) is 4.90. The van der Waals surface area contributed by atoms with E-state index in [0.29, 0.717) is 33.8 Å². The maximum atomic E-state index is 13.3. The van der Waals surface area contributed by atoms with E-state index in [1.54, 1.807) is 29.3 Å². The Balaban J connectivity index is 1.40. The average molecular weight is 484 g/mol. The van der Waals surface area contributed by atoms with E-state index in [1.807, 2.05) is 18.2 Å². The SMILES string of the molecule is O=C(N/C1=C/CCC2CCC(C1)C2)C1=NN(c2ccc(Cl)cc2Cl)C(c2ccc(O)cc2)C1. The third-order valence-corrected chi connectivity index (χ3v) is 7.54. The summed E-state index contributed by atoms with van der Waals surface area (Å²) in [7, 11) is 0. The van der Waals surface area contributed by atoms with Crippen molar-refractivity contribution < 1.29 is 9.90 Å². The fourth-order valence-electron chi connectivity index (χ4n) is 5.33. The highest BCUT2D eigenvalue weighted by Gasteiger charge is 2.34. The molecule has 2 aliphatic carbocycles. The van der Waals surface area contributed by atoms with Crippen LogP contribution in [0.5, 0.6) is 5.75 Å². The first-order chi connectivity index (χ1) is 16.0. The van der Waals surface area contributed by atoms with Crippen molar-refractivity contribution in [1.82, 2.24) is 5.32 Å². The van der Waals surface area contributed by atoms with E-state index >= 15 is 0 Å². The van der Waals surface area contributed by atoms with E-state index in [9.17, 15) is 9.90 Å². The third-order valence-electron chi connectivity index (χ3n) is 7.01. The minimum absolute atomic E-state index is 0.160. The maximum absolute atomic E-state index is 13.3. The number of nitrogens with one attached hydrogen (secondary N) is 1. The van der Waals surface area contributed by atoms with E-state index in [4.69, 9.17) is 28.3 Å². The number of hydrogen-bond acceptors (Lipinski definition) is 4. The molecule has 33 heavy (non-hydrogen) atoms. The number of phenolic OH excluding ortho intramolecular Hbond substituents is 1. The molecule has 1 heterocycles. The number of hydrazone groups is 1. The smallest absolute Gasteiger partial charge is 0.271 e. The van der Waals surface area contributed by atoms with Crippen molar-refractivity contribution in [2.75, 3.05) is 5.01 Å². The first kappa shape index (κ1) is 22.3. The van der Waals surface area contributed by atoms with Crippen LogP contribution in [0.4, 0.5) is 5.69 Å². The van der Waals surface area contributed by atoms with Gasteiger partial charge in [-0.1, -0.05) is 47.8 Å². The molecule has 2 aromatic rings. The summed E-state index contributed by atoms with van der Waals surface area (Å²) in [5, 5.41) is 20.4. The van der Waals surface area contributed by atoms with Crippen LogP contribution < -0.4 is 10.3 Å². The number of anilines is 1. The zero-order chi connectivity index (χ0) is 22.9. The van der Waals surface area contributed by atoms with Gasteiger partial charge in [0.05, 0.1) is 16.8 Å². The summed E-state index contributed by atoms with van der Waals surface area (Å²) in [4.78, 5) is 13.3. The number of carbonyl (C=O) groups excluding carboxylic acids is 1. The number of hydrogen-bond donors (Lipinski definition) is 2. The van der Waals surface area contributed by atoms with Gasteiger partial charge in [-0.25, -0.2) is 0 Å². The summed E-state index contributed by atoms with van der Waals surface area (Å²) < 4.78 is 0. The molecule has 0 saturated heterocycles. The standard InChI is InChI=1S/C26H27Cl2N3O2/c27-19-8-11-24(22(28)14-19)31-25(18-6-9-21(32)10-7-18)15-23(30-31)26(33)29-20-3-1-2-16-4-5-17(12-16)13-20/h3,6-11,14,16-17,25,32H,1-2,4-5,12-13,15H2,(H,29,33)/b20-3+. The van der Waals surface area contributed by atoms with Crippen molar-refractivity contribution in [1.29, 1.82) is 0 Å². The lowest BCUT2D eigenvalue weighted by atomic mass is 9.93. The molecule has 0 aromatic heterocycles. The van der Waals surface area contributed by atoms with Crippen LogP contribution in [0.3, 0.4) is 0 Å². The normalized spacial score (nSPS) is 26.2. The van der Waals surface area contributed by atoms with E-state index in [1.165, 1.54) is 25.7 Å². The molecule has 2 N–H and O–H groups in total. The molecule has 2 bridgehead atoms. The molecular weight excluding hydrogens is 457 g/mol. The van der Waals surface area contributed by atoms with E-state index in [2.05, 4.69) is 11.4 Å². The van der Waals surface area contributed by atoms with E-state index in [-0.39, 0.29) is 17.7 Å². The Morgan fingerprint density at radius 3 is 2.61 bits per heavy atom. The second-order valence-electron chi connectivity index (χ2n) is 9.31. The lowest BCUT2D eigenvalue weighted by molar-refractivity contribution is -0.114. The van der Waals surface area contributed by atoms with Gasteiger partial charge in [0.1, 0.15) is 11.5 Å². The quantitative estimate of drug-likeness (QED) is 0.514. The van der Waals surface area contributed by atoms with E-state index in [0.717, 1.165) is 30.0 Å². The molecule has 0 radical (unpaired) electrons. The highest BCUT2D eigenvalue weighted by Crippen LogP contribution is 2.41. The van der Waals surface area contributed by atoms with Crippen LogP contribution in [0.25, 0.3) is 0 Å². The number of benzene rings is 2. The number of aromatic hydroxyl groups is 1. The Morgan fingerprint density at radius 1 is 1.03 bits per heavy atom. The summed E-state index contributed by atoms with van der Waals surface area (Å²) in [6, 6.07) is 12.0. The van der Waals surface area contributed by atoms with Gasteiger partial charge in [-0.3, -0.25) is 9.80 Å². The molecule has 3 atom stereocenters. The topological polar surface area (TPSA) is 64.9 Å². The average Bonchev–Trinajstić information content (AvgIpc) is 3.41. The predicted molar refractivity (Wildman–Crippen MR) is 133 cm³/mol. The summed E-state index contributed by atoms with van der Waals surface area (Å²) in [6.07, 6.45) is 9.65. The molecule has 0 spiro atoms. The molecule has 5 nitrogen and oxygen atoms in total. The van der Waals surface area contributed by atoms with Gasteiger partial charge in [0.2, 0.25) is 0 Å². The molecule has 1 fully saturated rings. The Labute approximate surface area is 204 Å². The van der Waals surface area contributed by atoms with Gasteiger partial charge >= 0.3 is 0 Å². The van der Waals surface area contributed by atoms with Crippen molar-refractivity contribution in [3.05, 3.63) is 69.8 Å². The Bertz CT molecular complexity index is 1110. The second-order valence-corrected chi connectivity index (χ2v) is 10.2. The number of rotatable bonds is 4. The summed E-state index contributed by atoms with van der Waals surface area (Å²) in [5.74, 6) is 1.55. The molecule has 1 saturated carbocycles. The highest BCUT2D eigenvalue weighted by molar-refractivity contribution is 6.40. The lowest BCUT2D eigenvalue weighted by Crippen LogP contribution is -2.30. The van der Waals surface area contributed by atoms with Crippen molar-refractivity contribution in [2.45, 2.75) is 51.0 Å². The lowest BCUT2D eigenvalue weighted by Gasteiger charge is -2.25. The molecule has 7 heteroatoms. The van der Waals surface area contributed by atoms with Crippen LogP contribution in [-0.4, -0.2) is 16.7 Å². The highest BCUT2D eigenvalue weighted by atomic mass is 35.5. The summed E-state index contributed by atoms with van der Waals surface area (Å²) in [5.41, 5.74) is 3.11. The Kier molecular flexibility index (Phi) is 6.35. The Morgan fingerprint density at radius 2 is 1.82 bits per heavy atom. The minimum Gasteiger partial charge on any atom is -0.508 e. The van der Waals surface area contributed by atoms with Crippen LogP contribution >= 0.6 is 23.2 Å². The van der Waals surface area contributed by atoms with Crippen molar-refractivity contribution in [2.24, 2.45) is 16.9 Å². The molecule has 3 unspecified atom stereocenters. The molecule has 3 aliphatic rings. The molecule has 1 aliphatic heterocycles. The van der Waals surface area contributed by atoms with Gasteiger partial charge in [0.25, 0.3) is 5.91 Å². The zero-order valence-corrected chi connectivity index (χ0v) is 19.8. The molecule has 172 valence electrons. The molecule has 5 rings (SSSR count). The first-order valence-corrected chi connectivity index (χ1v) is 12.3. The largest absolute Gasteiger partial charge is 0.508 e. The minimum atomic E-state index is -0.216. The second kappa shape index (κ2) is 9.40. The first-order valence-electron chi connectivity index (χ1n) is 11.6. The van der Waals surface area contributed by atoms with Gasteiger partial charge in [-0.15, -0.1) is 0 Å². The van der Waals surface area contributed by atoms with Gasteiger partial charge < -0.3 is 10.4 Å². The number of nitrogens with zero attached hydrogens (tertiary/aromatic N) is 2. The van der Waals surface area contributed by atoms with Gasteiger partial charge in [-0.2, -0.15) is 5.10 Å². The van der Waals surface area contributed by atoms with E-state index < -0.39 is 0 Å². The van der Waals surface area contributed by atoms with Crippen LogP contribution in [0.15, 0.2) is 59.3 Å². The number of fused-ring (bicyclic) bond motifs is 2. The monoisotopic (exact) mass is 483 g/mol. The van der Waals surface area contributed by atoms with Gasteiger partial charge in [0.15, 0.2) is 0 Å². The number of allylic oxidation sites excluding steroid dienone is 2.